The van der Waals surface area contributed by atoms with Crippen molar-refractivity contribution in [3.63, 3.8) is 0 Å². The van der Waals surface area contributed by atoms with Crippen LogP contribution in [-0.2, 0) is 9.47 Å². The predicted molar refractivity (Wildman–Crippen MR) is 76.3 cm³/mol. The zero-order chi connectivity index (χ0) is 13.5. The molecule has 0 aliphatic rings. The molecule has 0 spiro atoms. The van der Waals surface area contributed by atoms with Gasteiger partial charge in [-0.1, -0.05) is 15.9 Å². The van der Waals surface area contributed by atoms with E-state index in [0.29, 0.717) is 18.7 Å². The van der Waals surface area contributed by atoms with Gasteiger partial charge in [0.05, 0.1) is 12.7 Å². The zero-order valence-electron chi connectivity index (χ0n) is 10.5. The number of hydrogen-bond acceptors (Lipinski definition) is 4. The van der Waals surface area contributed by atoms with E-state index in [1.165, 1.54) is 0 Å². The first-order valence-corrected chi connectivity index (χ1v) is 6.27. The molecule has 0 amide bonds. The third-order valence-electron chi connectivity index (χ3n) is 2.48. The molecule has 1 unspecified atom stereocenters. The molecular formula is C12H18BrN3O2. The summed E-state index contributed by atoms with van der Waals surface area (Å²) in [5.74, 6) is 0.0273. The lowest BCUT2D eigenvalue weighted by Gasteiger charge is -2.17. The lowest BCUT2D eigenvalue weighted by Crippen LogP contribution is -2.27. The second-order valence-electron chi connectivity index (χ2n) is 3.80. The standard InChI is InChI=1S/C12H18BrN3O2/c1-17-7-9(18-2)6-16-11-4-3-8(13)5-10(11)12(14)15/h3-5,9,16H,6-7H2,1-2H3,(H3,14,15). The van der Waals surface area contributed by atoms with Gasteiger partial charge in [-0.2, -0.15) is 0 Å². The minimum Gasteiger partial charge on any atom is -0.384 e. The third kappa shape index (κ3) is 4.29. The van der Waals surface area contributed by atoms with Crippen molar-refractivity contribution in [3.8, 4) is 0 Å². The van der Waals surface area contributed by atoms with Gasteiger partial charge in [0, 0.05) is 36.5 Å². The zero-order valence-corrected chi connectivity index (χ0v) is 12.1. The highest BCUT2D eigenvalue weighted by Crippen LogP contribution is 2.20. The highest BCUT2D eigenvalue weighted by atomic mass is 79.9. The summed E-state index contributed by atoms with van der Waals surface area (Å²) in [5.41, 5.74) is 7.02. The van der Waals surface area contributed by atoms with E-state index in [-0.39, 0.29) is 11.9 Å². The molecule has 0 aromatic heterocycles. The van der Waals surface area contributed by atoms with Crippen LogP contribution in [0, 0.1) is 5.41 Å². The third-order valence-corrected chi connectivity index (χ3v) is 2.97. The first-order chi connectivity index (χ1) is 8.58. The van der Waals surface area contributed by atoms with Gasteiger partial charge in [0.15, 0.2) is 0 Å². The Labute approximate surface area is 115 Å². The number of ether oxygens (including phenoxy) is 2. The average Bonchev–Trinajstić information content (AvgIpc) is 2.35. The molecule has 0 bridgehead atoms. The second-order valence-corrected chi connectivity index (χ2v) is 4.71. The fourth-order valence-corrected chi connectivity index (χ4v) is 1.87. The molecule has 0 radical (unpaired) electrons. The van der Waals surface area contributed by atoms with E-state index in [2.05, 4.69) is 21.2 Å². The number of nitrogens with two attached hydrogens (primary N) is 1. The van der Waals surface area contributed by atoms with Gasteiger partial charge in [-0.25, -0.2) is 0 Å². The molecule has 0 aliphatic heterocycles. The molecule has 1 aromatic rings. The SMILES string of the molecule is COCC(CNc1ccc(Br)cc1C(=N)N)OC. The van der Waals surface area contributed by atoms with Crippen molar-refractivity contribution < 1.29 is 9.47 Å². The Morgan fingerprint density at radius 3 is 2.78 bits per heavy atom. The maximum absolute atomic E-state index is 7.55. The quantitative estimate of drug-likeness (QED) is 0.529. The average molecular weight is 316 g/mol. The van der Waals surface area contributed by atoms with Crippen LogP contribution >= 0.6 is 15.9 Å². The summed E-state index contributed by atoms with van der Waals surface area (Å²) in [4.78, 5) is 0. The van der Waals surface area contributed by atoms with Crippen molar-refractivity contribution in [2.75, 3.05) is 32.7 Å². The Bertz CT molecular complexity index is 412. The molecule has 0 saturated carbocycles. The Morgan fingerprint density at radius 2 is 2.22 bits per heavy atom. The van der Waals surface area contributed by atoms with E-state index < -0.39 is 0 Å². The normalized spacial score (nSPS) is 12.2. The van der Waals surface area contributed by atoms with Gasteiger partial charge in [0.25, 0.3) is 0 Å². The summed E-state index contributed by atoms with van der Waals surface area (Å²) in [7, 11) is 3.27. The van der Waals surface area contributed by atoms with E-state index in [4.69, 9.17) is 20.6 Å². The minimum absolute atomic E-state index is 0.0273. The Hall–Kier alpha value is -1.11. The van der Waals surface area contributed by atoms with Crippen molar-refractivity contribution in [2.24, 2.45) is 5.73 Å². The molecule has 5 nitrogen and oxygen atoms in total. The first-order valence-electron chi connectivity index (χ1n) is 5.48. The molecule has 18 heavy (non-hydrogen) atoms. The van der Waals surface area contributed by atoms with Crippen molar-refractivity contribution >= 4 is 27.5 Å². The van der Waals surface area contributed by atoms with Crippen LogP contribution in [0.5, 0.6) is 0 Å². The number of benzene rings is 1. The van der Waals surface area contributed by atoms with Gasteiger partial charge >= 0.3 is 0 Å². The molecule has 6 heteroatoms. The summed E-state index contributed by atoms with van der Waals surface area (Å²) < 4.78 is 11.2. The molecule has 0 saturated heterocycles. The maximum Gasteiger partial charge on any atom is 0.124 e. The predicted octanol–water partition coefficient (Wildman–Crippen LogP) is 1.81. The Kier molecular flexibility index (Phi) is 6.11. The summed E-state index contributed by atoms with van der Waals surface area (Å²) >= 11 is 3.36. The van der Waals surface area contributed by atoms with E-state index in [1.807, 2.05) is 18.2 Å². The number of methoxy groups -OCH3 is 2. The molecule has 1 atom stereocenters. The number of hydrogen-bond donors (Lipinski definition) is 3. The van der Waals surface area contributed by atoms with Crippen molar-refractivity contribution in [1.29, 1.82) is 5.41 Å². The molecule has 0 aliphatic carbocycles. The minimum atomic E-state index is -0.0431. The van der Waals surface area contributed by atoms with E-state index in [0.717, 1.165) is 10.2 Å². The van der Waals surface area contributed by atoms with E-state index >= 15 is 0 Å². The molecular weight excluding hydrogens is 298 g/mol. The summed E-state index contributed by atoms with van der Waals surface area (Å²) in [6, 6.07) is 5.58. The summed E-state index contributed by atoms with van der Waals surface area (Å²) in [5, 5.41) is 10.8. The van der Waals surface area contributed by atoms with Gasteiger partial charge in [-0.3, -0.25) is 5.41 Å². The van der Waals surface area contributed by atoms with Gasteiger partial charge < -0.3 is 20.5 Å². The summed E-state index contributed by atoms with van der Waals surface area (Å²) in [6.07, 6.45) is -0.0431. The highest BCUT2D eigenvalue weighted by Gasteiger charge is 2.10. The maximum atomic E-state index is 7.55. The van der Waals surface area contributed by atoms with Crippen molar-refractivity contribution in [1.82, 2.24) is 0 Å². The fourth-order valence-electron chi connectivity index (χ4n) is 1.51. The highest BCUT2D eigenvalue weighted by molar-refractivity contribution is 9.10. The number of rotatable bonds is 7. The van der Waals surface area contributed by atoms with Gasteiger partial charge in [-0.05, 0) is 18.2 Å². The van der Waals surface area contributed by atoms with Gasteiger partial charge in [0.2, 0.25) is 0 Å². The Morgan fingerprint density at radius 1 is 1.50 bits per heavy atom. The topological polar surface area (TPSA) is 80.4 Å². The first kappa shape index (κ1) is 14.9. The Balaban J connectivity index is 2.74. The molecule has 0 fully saturated rings. The van der Waals surface area contributed by atoms with E-state index in [9.17, 15) is 0 Å². The van der Waals surface area contributed by atoms with Gasteiger partial charge in [0.1, 0.15) is 5.84 Å². The summed E-state index contributed by atoms with van der Waals surface area (Å²) in [6.45, 7) is 1.10. The molecule has 100 valence electrons. The second kappa shape index (κ2) is 7.35. The number of anilines is 1. The van der Waals surface area contributed by atoms with Crippen molar-refractivity contribution in [3.05, 3.63) is 28.2 Å². The smallest absolute Gasteiger partial charge is 0.124 e. The van der Waals surface area contributed by atoms with Crippen LogP contribution in [0.1, 0.15) is 5.56 Å². The van der Waals surface area contributed by atoms with E-state index in [1.54, 1.807) is 14.2 Å². The number of halogens is 1. The van der Waals surface area contributed by atoms with Gasteiger partial charge in [-0.15, -0.1) is 0 Å². The molecule has 0 heterocycles. The van der Waals surface area contributed by atoms with Crippen LogP contribution < -0.4 is 11.1 Å². The van der Waals surface area contributed by atoms with Crippen LogP contribution in [0.3, 0.4) is 0 Å². The van der Waals surface area contributed by atoms with Crippen LogP contribution in [-0.4, -0.2) is 39.3 Å². The monoisotopic (exact) mass is 315 g/mol. The van der Waals surface area contributed by atoms with Crippen LogP contribution in [0.2, 0.25) is 0 Å². The van der Waals surface area contributed by atoms with Crippen LogP contribution in [0.25, 0.3) is 0 Å². The fraction of sp³-hybridized carbons (Fsp3) is 0.417. The number of amidine groups is 1. The molecule has 1 aromatic carbocycles. The number of nitrogens with one attached hydrogen (secondary N) is 2. The lowest BCUT2D eigenvalue weighted by molar-refractivity contribution is 0.0365. The van der Waals surface area contributed by atoms with Crippen molar-refractivity contribution in [2.45, 2.75) is 6.10 Å². The largest absolute Gasteiger partial charge is 0.384 e. The lowest BCUT2D eigenvalue weighted by atomic mass is 10.1. The van der Waals surface area contributed by atoms with Crippen LogP contribution in [0.4, 0.5) is 5.69 Å². The molecule has 1 rings (SSSR count). The number of nitrogen functional groups attached to an aromatic ring is 1. The molecule has 4 N–H and O–H groups in total. The van der Waals surface area contributed by atoms with Crippen LogP contribution in [0.15, 0.2) is 22.7 Å².